The number of hydrogen-bond donors (Lipinski definition) is 1. The molecule has 0 amide bonds. The van der Waals surface area contributed by atoms with Crippen LogP contribution in [0.1, 0.15) is 15.9 Å². The number of carboxylic acids is 1. The Morgan fingerprint density at radius 3 is 2.50 bits per heavy atom. The Hall–Kier alpha value is -2.76. The van der Waals surface area contributed by atoms with Gasteiger partial charge in [0.25, 0.3) is 5.69 Å². The fourth-order valence-corrected chi connectivity index (χ4v) is 1.95. The first-order chi connectivity index (χ1) is 9.38. The van der Waals surface area contributed by atoms with Crippen molar-refractivity contribution in [2.45, 2.75) is 6.92 Å². The van der Waals surface area contributed by atoms with Gasteiger partial charge in [0.15, 0.2) is 0 Å². The first kappa shape index (κ1) is 13.7. The van der Waals surface area contributed by atoms with Crippen LogP contribution in [0.3, 0.4) is 0 Å². The summed E-state index contributed by atoms with van der Waals surface area (Å²) < 4.78 is 13.1. The number of benzene rings is 2. The highest BCUT2D eigenvalue weighted by Gasteiger charge is 2.15. The number of aromatic carboxylic acids is 1. The van der Waals surface area contributed by atoms with E-state index >= 15 is 0 Å². The van der Waals surface area contributed by atoms with E-state index < -0.39 is 16.7 Å². The van der Waals surface area contributed by atoms with E-state index in [1.165, 1.54) is 30.3 Å². The first-order valence-corrected chi connectivity index (χ1v) is 5.68. The number of halogens is 1. The highest BCUT2D eigenvalue weighted by molar-refractivity contribution is 5.90. The number of nitro benzene ring substituents is 1. The first-order valence-electron chi connectivity index (χ1n) is 5.68. The lowest BCUT2D eigenvalue weighted by Crippen LogP contribution is -1.99. The van der Waals surface area contributed by atoms with Crippen LogP contribution in [0.5, 0.6) is 0 Å². The van der Waals surface area contributed by atoms with Crippen molar-refractivity contribution in [1.29, 1.82) is 0 Å². The minimum atomic E-state index is -1.25. The van der Waals surface area contributed by atoms with Crippen molar-refractivity contribution in [2.75, 3.05) is 0 Å². The highest BCUT2D eigenvalue weighted by Crippen LogP contribution is 2.29. The van der Waals surface area contributed by atoms with Crippen molar-refractivity contribution in [3.8, 4) is 11.1 Å². The molecule has 6 heteroatoms. The van der Waals surface area contributed by atoms with Crippen LogP contribution in [-0.2, 0) is 0 Å². The zero-order valence-electron chi connectivity index (χ0n) is 10.5. The van der Waals surface area contributed by atoms with E-state index in [0.717, 1.165) is 6.07 Å². The van der Waals surface area contributed by atoms with Gasteiger partial charge in [-0.1, -0.05) is 6.07 Å². The number of nitro groups is 1. The monoisotopic (exact) mass is 275 g/mol. The largest absolute Gasteiger partial charge is 0.478 e. The van der Waals surface area contributed by atoms with Crippen molar-refractivity contribution in [1.82, 2.24) is 0 Å². The second kappa shape index (κ2) is 5.08. The molecule has 0 spiro atoms. The molecule has 2 aromatic rings. The van der Waals surface area contributed by atoms with Gasteiger partial charge < -0.3 is 5.11 Å². The van der Waals surface area contributed by atoms with E-state index in [0.29, 0.717) is 16.7 Å². The minimum Gasteiger partial charge on any atom is -0.478 e. The van der Waals surface area contributed by atoms with Crippen LogP contribution in [0.2, 0.25) is 0 Å². The molecule has 2 rings (SSSR count). The van der Waals surface area contributed by atoms with E-state index in [9.17, 15) is 19.3 Å². The number of carbonyl (C=O) groups is 1. The second-order valence-electron chi connectivity index (χ2n) is 4.29. The summed E-state index contributed by atoms with van der Waals surface area (Å²) in [5, 5.41) is 19.8. The summed E-state index contributed by atoms with van der Waals surface area (Å²) in [6.45, 7) is 1.65. The molecule has 0 saturated carbocycles. The Morgan fingerprint density at radius 2 is 1.95 bits per heavy atom. The average molecular weight is 275 g/mol. The van der Waals surface area contributed by atoms with Crippen molar-refractivity contribution >= 4 is 11.7 Å². The fraction of sp³-hybridized carbons (Fsp3) is 0.0714. The van der Waals surface area contributed by atoms with Gasteiger partial charge in [-0.3, -0.25) is 10.1 Å². The molecule has 0 fully saturated rings. The van der Waals surface area contributed by atoms with Gasteiger partial charge in [-0.15, -0.1) is 0 Å². The van der Waals surface area contributed by atoms with Gasteiger partial charge in [0.1, 0.15) is 5.82 Å². The van der Waals surface area contributed by atoms with E-state index in [2.05, 4.69) is 0 Å². The number of rotatable bonds is 3. The molecule has 0 saturated heterocycles. The van der Waals surface area contributed by atoms with Crippen molar-refractivity contribution in [3.05, 3.63) is 63.5 Å². The molecule has 1 N–H and O–H groups in total. The van der Waals surface area contributed by atoms with Crippen LogP contribution >= 0.6 is 0 Å². The standard InChI is InChI=1S/C14H10FNO4/c1-8-4-11(15)2-3-13(8)9-5-10(14(17)18)7-12(6-9)16(19)20/h2-7H,1H3,(H,17,18). The van der Waals surface area contributed by atoms with E-state index in [1.54, 1.807) is 6.92 Å². The van der Waals surface area contributed by atoms with Gasteiger partial charge in [-0.25, -0.2) is 9.18 Å². The summed E-state index contributed by atoms with van der Waals surface area (Å²) in [4.78, 5) is 21.2. The van der Waals surface area contributed by atoms with Crippen LogP contribution < -0.4 is 0 Å². The molecule has 0 aromatic heterocycles. The highest BCUT2D eigenvalue weighted by atomic mass is 19.1. The zero-order valence-corrected chi connectivity index (χ0v) is 10.5. The maximum Gasteiger partial charge on any atom is 0.335 e. The number of hydrogen-bond acceptors (Lipinski definition) is 3. The Morgan fingerprint density at radius 1 is 1.25 bits per heavy atom. The molecule has 0 heterocycles. The topological polar surface area (TPSA) is 80.4 Å². The number of carboxylic acid groups (broad SMARTS) is 1. The van der Waals surface area contributed by atoms with E-state index in [1.807, 2.05) is 0 Å². The fourth-order valence-electron chi connectivity index (χ4n) is 1.95. The summed E-state index contributed by atoms with van der Waals surface area (Å²) in [5.41, 5.74) is 0.995. The van der Waals surface area contributed by atoms with Crippen LogP contribution in [0.25, 0.3) is 11.1 Å². The van der Waals surface area contributed by atoms with Gasteiger partial charge in [0, 0.05) is 12.1 Å². The van der Waals surface area contributed by atoms with Crippen molar-refractivity contribution < 1.29 is 19.2 Å². The molecule has 0 aliphatic carbocycles. The molecule has 0 radical (unpaired) electrons. The molecule has 0 atom stereocenters. The Balaban J connectivity index is 2.66. The lowest BCUT2D eigenvalue weighted by Gasteiger charge is -2.07. The Kier molecular flexibility index (Phi) is 3.47. The van der Waals surface area contributed by atoms with Crippen LogP contribution in [0.15, 0.2) is 36.4 Å². The summed E-state index contributed by atoms with van der Waals surface area (Å²) in [5.74, 6) is -1.68. The number of aryl methyl sites for hydroxylation is 1. The Bertz CT molecular complexity index is 680. The summed E-state index contributed by atoms with van der Waals surface area (Å²) >= 11 is 0. The molecular formula is C14H10FNO4. The number of non-ortho nitro benzene ring substituents is 1. The third-order valence-electron chi connectivity index (χ3n) is 2.88. The quantitative estimate of drug-likeness (QED) is 0.687. The normalized spacial score (nSPS) is 10.3. The third kappa shape index (κ3) is 2.64. The molecular weight excluding hydrogens is 265 g/mol. The summed E-state index contributed by atoms with van der Waals surface area (Å²) in [6, 6.07) is 7.57. The van der Waals surface area contributed by atoms with E-state index in [-0.39, 0.29) is 11.3 Å². The molecule has 0 aliphatic heterocycles. The average Bonchev–Trinajstić information content (AvgIpc) is 2.38. The van der Waals surface area contributed by atoms with Gasteiger partial charge in [-0.2, -0.15) is 0 Å². The van der Waals surface area contributed by atoms with Crippen molar-refractivity contribution in [2.24, 2.45) is 0 Å². The summed E-state index contributed by atoms with van der Waals surface area (Å²) in [6.07, 6.45) is 0. The van der Waals surface area contributed by atoms with Gasteiger partial charge in [0.05, 0.1) is 10.5 Å². The minimum absolute atomic E-state index is 0.182. The van der Waals surface area contributed by atoms with Gasteiger partial charge in [-0.05, 0) is 41.8 Å². The Labute approximate surface area is 113 Å². The predicted molar refractivity (Wildman–Crippen MR) is 70.2 cm³/mol. The maximum atomic E-state index is 13.1. The van der Waals surface area contributed by atoms with Crippen molar-refractivity contribution in [3.63, 3.8) is 0 Å². The van der Waals surface area contributed by atoms with Gasteiger partial charge >= 0.3 is 5.97 Å². The molecule has 0 aliphatic rings. The third-order valence-corrected chi connectivity index (χ3v) is 2.88. The van der Waals surface area contributed by atoms with E-state index in [4.69, 9.17) is 5.11 Å². The molecule has 20 heavy (non-hydrogen) atoms. The molecule has 5 nitrogen and oxygen atoms in total. The van der Waals surface area contributed by atoms with Crippen LogP contribution in [0, 0.1) is 22.9 Å². The molecule has 0 bridgehead atoms. The lowest BCUT2D eigenvalue weighted by atomic mass is 9.98. The smallest absolute Gasteiger partial charge is 0.335 e. The lowest BCUT2D eigenvalue weighted by molar-refractivity contribution is -0.384. The molecule has 2 aromatic carbocycles. The number of nitrogens with zero attached hydrogens (tertiary/aromatic N) is 1. The molecule has 0 unspecified atom stereocenters. The van der Waals surface area contributed by atoms with Crippen LogP contribution in [-0.4, -0.2) is 16.0 Å². The van der Waals surface area contributed by atoms with Gasteiger partial charge in [0.2, 0.25) is 0 Å². The molecule has 102 valence electrons. The predicted octanol–water partition coefficient (Wildman–Crippen LogP) is 3.41. The zero-order chi connectivity index (χ0) is 14.9. The maximum absolute atomic E-state index is 13.1. The summed E-state index contributed by atoms with van der Waals surface area (Å²) in [7, 11) is 0. The van der Waals surface area contributed by atoms with Crippen LogP contribution in [0.4, 0.5) is 10.1 Å². The second-order valence-corrected chi connectivity index (χ2v) is 4.29. The SMILES string of the molecule is Cc1cc(F)ccc1-c1cc(C(=O)O)cc([N+](=O)[O-])c1.